The maximum atomic E-state index is 14.1. The molecule has 11 heteroatoms. The summed E-state index contributed by atoms with van der Waals surface area (Å²) in [4.78, 5) is 46.5. The summed E-state index contributed by atoms with van der Waals surface area (Å²) in [5, 5.41) is 2.43. The van der Waals surface area contributed by atoms with Crippen molar-refractivity contribution in [1.82, 2.24) is 15.2 Å². The number of nitrogens with one attached hydrogen (secondary N) is 1. The summed E-state index contributed by atoms with van der Waals surface area (Å²) in [6.07, 6.45) is 4.43. The first-order chi connectivity index (χ1) is 20.2. The van der Waals surface area contributed by atoms with Gasteiger partial charge in [-0.15, -0.1) is 11.8 Å². The lowest BCUT2D eigenvalue weighted by Gasteiger charge is -2.41. The molecular formula is C31H32N6O4S. The van der Waals surface area contributed by atoms with Gasteiger partial charge in [0.05, 0.1) is 11.3 Å². The summed E-state index contributed by atoms with van der Waals surface area (Å²) < 4.78 is 5.81. The van der Waals surface area contributed by atoms with Crippen molar-refractivity contribution >= 4 is 35.0 Å². The van der Waals surface area contributed by atoms with Gasteiger partial charge in [-0.25, -0.2) is 4.98 Å². The number of piperidine rings is 1. The highest BCUT2D eigenvalue weighted by Gasteiger charge is 2.56. The van der Waals surface area contributed by atoms with Crippen molar-refractivity contribution in [2.45, 2.75) is 46.5 Å². The van der Waals surface area contributed by atoms with Gasteiger partial charge in [-0.05, 0) is 59.9 Å². The average molecular weight is 585 g/mol. The van der Waals surface area contributed by atoms with Gasteiger partial charge in [-0.2, -0.15) is 0 Å². The van der Waals surface area contributed by atoms with Crippen LogP contribution in [0.4, 0.5) is 5.69 Å². The number of nitrogens with two attached hydrogens (primary N) is 3. The van der Waals surface area contributed by atoms with Gasteiger partial charge in [0.2, 0.25) is 17.7 Å². The lowest BCUT2D eigenvalue weighted by molar-refractivity contribution is -0.129. The zero-order chi connectivity index (χ0) is 29.6. The van der Waals surface area contributed by atoms with Crippen molar-refractivity contribution in [1.29, 1.82) is 0 Å². The number of amides is 2. The molecule has 2 amide bonds. The minimum absolute atomic E-state index is 0.162. The van der Waals surface area contributed by atoms with Gasteiger partial charge in [-0.1, -0.05) is 30.8 Å². The molecule has 7 N–H and O–H groups in total. The molecule has 1 fully saturated rings. The second-order valence-corrected chi connectivity index (χ2v) is 12.0. The van der Waals surface area contributed by atoms with Gasteiger partial charge in [0.1, 0.15) is 11.3 Å². The minimum Gasteiger partial charge on any atom is -0.439 e. The number of carbonyl (C=O) groups excluding carboxylic acids is 3. The average Bonchev–Trinajstić information content (AvgIpc) is 3.42. The molecule has 3 aromatic rings. The minimum atomic E-state index is -1.54. The van der Waals surface area contributed by atoms with Gasteiger partial charge in [0, 0.05) is 47.9 Å². The van der Waals surface area contributed by atoms with Crippen molar-refractivity contribution in [2.75, 3.05) is 18.8 Å². The Morgan fingerprint density at radius 1 is 1.17 bits per heavy atom. The molecule has 2 aliphatic heterocycles. The van der Waals surface area contributed by atoms with E-state index >= 15 is 0 Å². The van der Waals surface area contributed by atoms with Gasteiger partial charge in [-0.3, -0.25) is 14.4 Å². The molecule has 1 saturated heterocycles. The summed E-state index contributed by atoms with van der Waals surface area (Å²) in [5.74, 6) is -0.406. The molecule has 6 rings (SSSR count). The molecule has 3 aliphatic rings. The number of rotatable bonds is 6. The molecule has 1 aliphatic carbocycles. The molecule has 2 aromatic carbocycles. The van der Waals surface area contributed by atoms with E-state index in [2.05, 4.69) is 16.9 Å². The number of likely N-dealkylation sites (tertiary alicyclic amines) is 1. The summed E-state index contributed by atoms with van der Waals surface area (Å²) in [6, 6.07) is 14.6. The van der Waals surface area contributed by atoms with Crippen LogP contribution in [0.2, 0.25) is 0 Å². The van der Waals surface area contributed by atoms with Gasteiger partial charge in [0.25, 0.3) is 0 Å². The molecule has 0 saturated carbocycles. The van der Waals surface area contributed by atoms with Crippen molar-refractivity contribution < 1.29 is 19.1 Å². The molecule has 1 aromatic heterocycles. The molecule has 0 bridgehead atoms. The van der Waals surface area contributed by atoms with Crippen LogP contribution < -0.4 is 27.3 Å². The molecule has 5 unspecified atom stereocenters. The van der Waals surface area contributed by atoms with E-state index in [1.165, 1.54) is 17.8 Å². The van der Waals surface area contributed by atoms with E-state index in [0.717, 1.165) is 23.3 Å². The molecule has 10 nitrogen and oxygen atoms in total. The molecule has 42 heavy (non-hydrogen) atoms. The van der Waals surface area contributed by atoms with Crippen LogP contribution in [0.5, 0.6) is 11.6 Å². The van der Waals surface area contributed by atoms with Crippen molar-refractivity contribution in [3.05, 3.63) is 90.1 Å². The van der Waals surface area contributed by atoms with Crippen LogP contribution in [0.1, 0.15) is 35.4 Å². The predicted octanol–water partition coefficient (Wildman–Crippen LogP) is 2.42. The maximum absolute atomic E-state index is 14.1. The summed E-state index contributed by atoms with van der Waals surface area (Å²) in [6.45, 7) is 4.58. The van der Waals surface area contributed by atoms with Gasteiger partial charge >= 0.3 is 0 Å². The molecule has 0 spiro atoms. The second kappa shape index (κ2) is 10.9. The highest BCUT2D eigenvalue weighted by Crippen LogP contribution is 2.56. The van der Waals surface area contributed by atoms with Crippen LogP contribution in [0, 0.1) is 0 Å². The first kappa shape index (κ1) is 28.0. The number of benzene rings is 2. The van der Waals surface area contributed by atoms with Crippen molar-refractivity contribution in [3.8, 4) is 11.6 Å². The largest absolute Gasteiger partial charge is 0.439 e. The molecule has 3 heterocycles. The lowest BCUT2D eigenvalue weighted by atomic mass is 9.65. The van der Waals surface area contributed by atoms with Crippen LogP contribution in [-0.2, 0) is 19.9 Å². The quantitative estimate of drug-likeness (QED) is 0.251. The Balaban J connectivity index is 1.30. The number of ether oxygens (including phenoxy) is 1. The Bertz CT molecular complexity index is 1570. The third kappa shape index (κ3) is 4.63. The SMILES string of the molecule is C=CC(=O)N1CCCC(NC(=O)C2Sc3c(N)ccc4c3C2C(N)C(=O)C4(N)c2ccc(Oc3ccccn3)cc2)C1. The number of thioether (sulfide) groups is 1. The number of carbonyl (C=O) groups is 3. The number of nitrogens with zero attached hydrogens (tertiary/aromatic N) is 2. The molecular weight excluding hydrogens is 552 g/mol. The van der Waals surface area contributed by atoms with E-state index < -0.39 is 22.7 Å². The van der Waals surface area contributed by atoms with E-state index in [-0.39, 0.29) is 23.6 Å². The first-order valence-corrected chi connectivity index (χ1v) is 14.7. The topological polar surface area (TPSA) is 167 Å². The van der Waals surface area contributed by atoms with Crippen LogP contribution in [0.15, 0.2) is 78.3 Å². The first-order valence-electron chi connectivity index (χ1n) is 13.8. The Labute approximate surface area is 247 Å². The molecule has 5 atom stereocenters. The van der Waals surface area contributed by atoms with E-state index in [9.17, 15) is 14.4 Å². The fraction of sp³-hybridized carbons (Fsp3) is 0.290. The number of Topliss-reactive ketones (excluding diaryl/α,β-unsaturated/α-hetero) is 1. The number of ketones is 1. The standard InChI is InChI=1S/C31H32N6O4S/c1-2-23(38)37-15-5-6-18(16-37)36-30(40)28-25-24-20(12-13-21(32)27(24)42-28)31(34,29(39)26(25)33)17-8-10-19(11-9-17)41-22-7-3-4-14-35-22/h2-4,7-14,18,25-26,28H,1,5-6,15-16,32-34H2,(H,36,40). The third-order valence-corrected chi connectivity index (χ3v) is 9.77. The normalized spacial score (nSPS) is 26.3. The second-order valence-electron chi connectivity index (χ2n) is 10.8. The van der Waals surface area contributed by atoms with Gasteiger partial charge < -0.3 is 32.2 Å². The van der Waals surface area contributed by atoms with E-state index in [0.29, 0.717) is 41.5 Å². The monoisotopic (exact) mass is 584 g/mol. The van der Waals surface area contributed by atoms with Crippen LogP contribution in [0.3, 0.4) is 0 Å². The van der Waals surface area contributed by atoms with Crippen molar-refractivity contribution in [3.63, 3.8) is 0 Å². The zero-order valence-electron chi connectivity index (χ0n) is 22.9. The van der Waals surface area contributed by atoms with Crippen LogP contribution in [-0.4, -0.2) is 57.9 Å². The summed E-state index contributed by atoms with van der Waals surface area (Å²) in [5.41, 5.74) is 20.9. The lowest BCUT2D eigenvalue weighted by Crippen LogP contribution is -2.61. The smallest absolute Gasteiger partial charge is 0.246 e. The predicted molar refractivity (Wildman–Crippen MR) is 160 cm³/mol. The Hall–Kier alpha value is -4.19. The summed E-state index contributed by atoms with van der Waals surface area (Å²) in [7, 11) is 0. The van der Waals surface area contributed by atoms with Crippen molar-refractivity contribution in [2.24, 2.45) is 11.5 Å². The van der Waals surface area contributed by atoms with E-state index in [1.807, 2.05) is 6.07 Å². The van der Waals surface area contributed by atoms with Crippen LogP contribution >= 0.6 is 11.8 Å². The fourth-order valence-corrected chi connectivity index (χ4v) is 7.70. The molecule has 216 valence electrons. The molecule has 0 radical (unpaired) electrons. The van der Waals surface area contributed by atoms with Gasteiger partial charge in [0.15, 0.2) is 5.78 Å². The Kier molecular flexibility index (Phi) is 7.25. The summed E-state index contributed by atoms with van der Waals surface area (Å²) >= 11 is 1.31. The number of pyridine rings is 1. The maximum Gasteiger partial charge on any atom is 0.246 e. The fourth-order valence-electron chi connectivity index (χ4n) is 6.24. The number of anilines is 1. The number of hydrogen-bond acceptors (Lipinski definition) is 9. The number of hydrogen-bond donors (Lipinski definition) is 4. The Morgan fingerprint density at radius 2 is 1.95 bits per heavy atom. The number of nitrogen functional groups attached to an aromatic ring is 1. The zero-order valence-corrected chi connectivity index (χ0v) is 23.7. The Morgan fingerprint density at radius 3 is 2.67 bits per heavy atom. The highest BCUT2D eigenvalue weighted by atomic mass is 32.2. The number of aromatic nitrogens is 1. The van der Waals surface area contributed by atoms with E-state index in [1.54, 1.807) is 59.6 Å². The van der Waals surface area contributed by atoms with E-state index in [4.69, 9.17) is 21.9 Å². The van der Waals surface area contributed by atoms with Crippen LogP contribution in [0.25, 0.3) is 0 Å². The third-order valence-electron chi connectivity index (χ3n) is 8.32. The highest BCUT2D eigenvalue weighted by molar-refractivity contribution is 8.01.